The zero-order valence-electron chi connectivity index (χ0n) is 12.2. The fourth-order valence-corrected chi connectivity index (χ4v) is 2.63. The second-order valence-electron chi connectivity index (χ2n) is 5.36. The Labute approximate surface area is 128 Å². The Hall–Kier alpha value is -2.47. The van der Waals surface area contributed by atoms with Gasteiger partial charge in [0.1, 0.15) is 5.69 Å². The number of fused-ring (bicyclic) bond motifs is 1. The van der Waals surface area contributed by atoms with Gasteiger partial charge in [0.25, 0.3) is 11.5 Å². The highest BCUT2D eigenvalue weighted by atomic mass is 16.2. The number of rotatable bonds is 4. The predicted octanol–water partition coefficient (Wildman–Crippen LogP) is 0.558. The van der Waals surface area contributed by atoms with Crippen LogP contribution in [0.3, 0.4) is 0 Å². The van der Waals surface area contributed by atoms with Crippen LogP contribution in [0.4, 0.5) is 0 Å². The number of amides is 1. The molecule has 0 atom stereocenters. The minimum Gasteiger partial charge on any atom is -0.349 e. The first kappa shape index (κ1) is 14.5. The third-order valence-electron chi connectivity index (χ3n) is 3.84. The topological polar surface area (TPSA) is 78.1 Å². The van der Waals surface area contributed by atoms with Gasteiger partial charge in [-0.05, 0) is 23.6 Å². The molecule has 0 unspecified atom stereocenters. The molecule has 0 spiro atoms. The van der Waals surface area contributed by atoms with Crippen molar-refractivity contribution in [3.05, 3.63) is 63.6 Å². The third-order valence-corrected chi connectivity index (χ3v) is 3.84. The summed E-state index contributed by atoms with van der Waals surface area (Å²) < 4.78 is 0. The van der Waals surface area contributed by atoms with E-state index in [1.165, 1.54) is 23.3 Å². The Kier molecular flexibility index (Phi) is 4.29. The molecule has 2 N–H and O–H groups in total. The molecule has 0 fully saturated rings. The second-order valence-corrected chi connectivity index (χ2v) is 5.36. The van der Waals surface area contributed by atoms with Gasteiger partial charge in [-0.2, -0.15) is 5.10 Å². The fraction of sp³-hybridized carbons (Fsp3) is 0.312. The van der Waals surface area contributed by atoms with Crippen LogP contribution in [0, 0.1) is 0 Å². The molecule has 0 aliphatic carbocycles. The van der Waals surface area contributed by atoms with E-state index < -0.39 is 0 Å². The van der Waals surface area contributed by atoms with Gasteiger partial charge in [0.05, 0.1) is 0 Å². The first-order chi connectivity index (χ1) is 10.7. The molecule has 1 amide bonds. The maximum atomic E-state index is 11.9. The molecule has 0 bridgehead atoms. The molecule has 1 aliphatic heterocycles. The minimum atomic E-state index is -0.316. The van der Waals surface area contributed by atoms with Gasteiger partial charge in [-0.3, -0.25) is 14.5 Å². The SMILES string of the molecule is O=C(NCCN1CCc2ccccc2C1)c1ccc(=O)[nH]n1. The van der Waals surface area contributed by atoms with Gasteiger partial charge < -0.3 is 5.32 Å². The molecule has 0 radical (unpaired) electrons. The van der Waals surface area contributed by atoms with Gasteiger partial charge in [-0.1, -0.05) is 24.3 Å². The van der Waals surface area contributed by atoms with E-state index in [9.17, 15) is 9.59 Å². The molecule has 3 rings (SSSR count). The van der Waals surface area contributed by atoms with E-state index in [4.69, 9.17) is 0 Å². The fourth-order valence-electron chi connectivity index (χ4n) is 2.63. The molecule has 0 saturated carbocycles. The Morgan fingerprint density at radius 2 is 2.05 bits per heavy atom. The lowest BCUT2D eigenvalue weighted by atomic mass is 10.00. The summed E-state index contributed by atoms with van der Waals surface area (Å²) in [5.41, 5.74) is 2.69. The zero-order chi connectivity index (χ0) is 15.4. The third kappa shape index (κ3) is 3.40. The molecular weight excluding hydrogens is 280 g/mol. The molecule has 1 aromatic carbocycles. The molecule has 6 nitrogen and oxygen atoms in total. The number of benzene rings is 1. The second kappa shape index (κ2) is 6.53. The number of carbonyl (C=O) groups is 1. The largest absolute Gasteiger partial charge is 0.349 e. The molecule has 1 aliphatic rings. The summed E-state index contributed by atoms with van der Waals surface area (Å²) in [6.07, 6.45) is 1.05. The van der Waals surface area contributed by atoms with E-state index in [0.717, 1.165) is 26.1 Å². The number of carbonyl (C=O) groups excluding carboxylic acids is 1. The number of H-pyrrole nitrogens is 1. The van der Waals surface area contributed by atoms with Crippen LogP contribution < -0.4 is 10.9 Å². The quantitative estimate of drug-likeness (QED) is 0.864. The highest BCUT2D eigenvalue weighted by molar-refractivity contribution is 5.91. The maximum absolute atomic E-state index is 11.9. The Morgan fingerprint density at radius 3 is 2.82 bits per heavy atom. The lowest BCUT2D eigenvalue weighted by Crippen LogP contribution is -2.38. The highest BCUT2D eigenvalue weighted by Gasteiger charge is 2.15. The van der Waals surface area contributed by atoms with Gasteiger partial charge in [0.2, 0.25) is 0 Å². The Bertz CT molecular complexity index is 706. The summed E-state index contributed by atoms with van der Waals surface area (Å²) in [6.45, 7) is 3.28. The lowest BCUT2D eigenvalue weighted by molar-refractivity contribution is 0.0941. The minimum absolute atomic E-state index is 0.226. The summed E-state index contributed by atoms with van der Waals surface area (Å²) in [6, 6.07) is 11.2. The van der Waals surface area contributed by atoms with Crippen molar-refractivity contribution in [1.82, 2.24) is 20.4 Å². The van der Waals surface area contributed by atoms with Crippen LogP contribution >= 0.6 is 0 Å². The van der Waals surface area contributed by atoms with Crippen LogP contribution in [0.25, 0.3) is 0 Å². The standard InChI is InChI=1S/C16H18N4O2/c21-15-6-5-14(18-19-15)16(22)17-8-10-20-9-7-12-3-1-2-4-13(12)11-20/h1-6H,7-11H2,(H,17,22)(H,19,21). The number of aromatic amines is 1. The van der Waals surface area contributed by atoms with Crippen molar-refractivity contribution in [1.29, 1.82) is 0 Å². The van der Waals surface area contributed by atoms with Gasteiger partial charge in [0.15, 0.2) is 0 Å². The normalized spacial score (nSPS) is 14.4. The molecule has 6 heteroatoms. The lowest BCUT2D eigenvalue weighted by Gasteiger charge is -2.28. The van der Waals surface area contributed by atoms with Crippen molar-refractivity contribution in [3.63, 3.8) is 0 Å². The van der Waals surface area contributed by atoms with Crippen molar-refractivity contribution in [3.8, 4) is 0 Å². The molecule has 1 aromatic heterocycles. The van der Waals surface area contributed by atoms with E-state index in [-0.39, 0.29) is 17.2 Å². The average Bonchev–Trinajstić information content (AvgIpc) is 2.55. The van der Waals surface area contributed by atoms with Crippen molar-refractivity contribution >= 4 is 5.91 Å². The number of hydrogen-bond donors (Lipinski definition) is 2. The van der Waals surface area contributed by atoms with Gasteiger partial charge >= 0.3 is 0 Å². The van der Waals surface area contributed by atoms with Gasteiger partial charge in [-0.15, -0.1) is 0 Å². The Balaban J connectivity index is 1.49. The van der Waals surface area contributed by atoms with Crippen LogP contribution in [-0.2, 0) is 13.0 Å². The highest BCUT2D eigenvalue weighted by Crippen LogP contribution is 2.17. The van der Waals surface area contributed by atoms with Crippen LogP contribution in [0.1, 0.15) is 21.6 Å². The molecular formula is C16H18N4O2. The monoisotopic (exact) mass is 298 g/mol. The summed E-state index contributed by atoms with van der Waals surface area (Å²) >= 11 is 0. The van der Waals surface area contributed by atoms with E-state index in [1.807, 2.05) is 0 Å². The van der Waals surface area contributed by atoms with Crippen molar-refractivity contribution in [2.24, 2.45) is 0 Å². The maximum Gasteiger partial charge on any atom is 0.271 e. The number of aromatic nitrogens is 2. The predicted molar refractivity (Wildman–Crippen MR) is 82.6 cm³/mol. The molecule has 2 aromatic rings. The summed E-state index contributed by atoms with van der Waals surface area (Å²) in [5.74, 6) is -0.270. The van der Waals surface area contributed by atoms with Gasteiger partial charge in [-0.25, -0.2) is 5.10 Å². The van der Waals surface area contributed by atoms with Crippen LogP contribution in [0.15, 0.2) is 41.2 Å². The number of nitrogens with one attached hydrogen (secondary N) is 2. The number of nitrogens with zero attached hydrogens (tertiary/aromatic N) is 2. The van der Waals surface area contributed by atoms with Gasteiger partial charge in [0, 0.05) is 32.2 Å². The first-order valence-corrected chi connectivity index (χ1v) is 7.35. The summed E-state index contributed by atoms with van der Waals surface area (Å²) in [7, 11) is 0. The van der Waals surface area contributed by atoms with E-state index in [0.29, 0.717) is 6.54 Å². The van der Waals surface area contributed by atoms with Crippen molar-refractivity contribution in [2.45, 2.75) is 13.0 Å². The molecule has 22 heavy (non-hydrogen) atoms. The number of hydrogen-bond acceptors (Lipinski definition) is 4. The van der Waals surface area contributed by atoms with E-state index in [2.05, 4.69) is 44.7 Å². The molecule has 114 valence electrons. The van der Waals surface area contributed by atoms with Crippen molar-refractivity contribution in [2.75, 3.05) is 19.6 Å². The van der Waals surface area contributed by atoms with Crippen LogP contribution in [-0.4, -0.2) is 40.6 Å². The zero-order valence-corrected chi connectivity index (χ0v) is 12.2. The van der Waals surface area contributed by atoms with Crippen LogP contribution in [0.2, 0.25) is 0 Å². The van der Waals surface area contributed by atoms with E-state index in [1.54, 1.807) is 0 Å². The summed E-state index contributed by atoms with van der Waals surface area (Å²) in [5, 5.41) is 8.79. The summed E-state index contributed by atoms with van der Waals surface area (Å²) in [4.78, 5) is 25.1. The van der Waals surface area contributed by atoms with E-state index >= 15 is 0 Å². The smallest absolute Gasteiger partial charge is 0.271 e. The average molecular weight is 298 g/mol. The first-order valence-electron chi connectivity index (χ1n) is 7.35. The van der Waals surface area contributed by atoms with Crippen LogP contribution in [0.5, 0.6) is 0 Å². The van der Waals surface area contributed by atoms with Crippen molar-refractivity contribution < 1.29 is 4.79 Å². The molecule has 0 saturated heterocycles. The Morgan fingerprint density at radius 1 is 1.23 bits per heavy atom. The molecule has 2 heterocycles.